The maximum absolute atomic E-state index is 12.9. The number of pyridine rings is 1. The van der Waals surface area contributed by atoms with E-state index >= 15 is 0 Å². The Morgan fingerprint density at radius 1 is 1.13 bits per heavy atom. The van der Waals surface area contributed by atoms with Gasteiger partial charge in [-0.3, -0.25) is 14.2 Å². The molecule has 0 aliphatic heterocycles. The van der Waals surface area contributed by atoms with E-state index in [2.05, 4.69) is 31.2 Å². The Morgan fingerprint density at radius 2 is 1.93 bits per heavy atom. The molecule has 0 radical (unpaired) electrons. The number of rotatable bonds is 5. The highest BCUT2D eigenvalue weighted by Crippen LogP contribution is 2.16. The van der Waals surface area contributed by atoms with E-state index in [0.717, 1.165) is 15.7 Å². The molecule has 0 saturated heterocycles. The molecule has 0 aliphatic carbocycles. The highest BCUT2D eigenvalue weighted by atomic mass is 79.9. The third-order valence-corrected chi connectivity index (χ3v) is 5.53. The van der Waals surface area contributed by atoms with Gasteiger partial charge in [0.05, 0.1) is 17.4 Å². The number of nitrogens with one attached hydrogen (secondary N) is 3. The fraction of sp³-hybridized carbons (Fsp3) is 0.0909. The third-order valence-electron chi connectivity index (χ3n) is 4.71. The second-order valence-corrected chi connectivity index (χ2v) is 8.08. The zero-order chi connectivity index (χ0) is 21.1. The van der Waals surface area contributed by atoms with Crippen molar-refractivity contribution in [1.82, 2.24) is 14.9 Å². The van der Waals surface area contributed by atoms with Crippen LogP contribution in [0.5, 0.6) is 0 Å². The Kier molecular flexibility index (Phi) is 5.87. The van der Waals surface area contributed by atoms with Crippen molar-refractivity contribution in [3.8, 4) is 0 Å². The van der Waals surface area contributed by atoms with Crippen LogP contribution in [0.25, 0.3) is 10.9 Å². The van der Waals surface area contributed by atoms with Crippen molar-refractivity contribution in [2.75, 3.05) is 0 Å². The maximum Gasteiger partial charge on any atom is 0.262 e. The van der Waals surface area contributed by atoms with Gasteiger partial charge in [0.2, 0.25) is 0 Å². The number of hydrogen-bond donors (Lipinski definition) is 2. The molecule has 1 amide bonds. The zero-order valence-corrected chi connectivity index (χ0v) is 18.2. The van der Waals surface area contributed by atoms with Gasteiger partial charge >= 0.3 is 0 Å². The first-order valence-corrected chi connectivity index (χ1v) is 10.5. The molecule has 0 saturated carbocycles. The van der Waals surface area contributed by atoms with Gasteiger partial charge in [0.25, 0.3) is 11.5 Å². The molecule has 0 bridgehead atoms. The Hall–Kier alpha value is -3.10. The molecule has 3 N–H and O–H groups in total. The van der Waals surface area contributed by atoms with Crippen LogP contribution in [-0.4, -0.2) is 15.5 Å². The second-order valence-electron chi connectivity index (χ2n) is 6.78. The maximum atomic E-state index is 12.9. The molecule has 6 nitrogen and oxygen atoms in total. The van der Waals surface area contributed by atoms with E-state index in [9.17, 15) is 9.59 Å². The molecule has 2 aromatic heterocycles. The normalized spacial score (nSPS) is 10.8. The molecule has 2 aromatic carbocycles. The van der Waals surface area contributed by atoms with Gasteiger partial charge in [0, 0.05) is 22.2 Å². The average molecular weight is 482 g/mol. The van der Waals surface area contributed by atoms with E-state index in [0.29, 0.717) is 34.3 Å². The summed E-state index contributed by atoms with van der Waals surface area (Å²) in [6.07, 6.45) is 1.81. The number of carbonyl (C=O) groups excluding carboxylic acids is 1. The van der Waals surface area contributed by atoms with Gasteiger partial charge in [-0.25, -0.2) is 4.98 Å². The number of benzene rings is 2. The monoisotopic (exact) mass is 481 g/mol. The minimum atomic E-state index is -0.163. The Labute approximate surface area is 185 Å². The number of hydrogen-bond acceptors (Lipinski definition) is 3. The van der Waals surface area contributed by atoms with Gasteiger partial charge in [-0.15, -0.1) is 0 Å². The molecule has 30 heavy (non-hydrogen) atoms. The van der Waals surface area contributed by atoms with Gasteiger partial charge in [-0.05, 0) is 48.1 Å². The predicted octanol–water partition coefficient (Wildman–Crippen LogP) is 3.61. The molecule has 0 fully saturated rings. The SMILES string of the molecule is O=C(NCc1cccc[nH+]1)c1ccc(Cn2c(=S)[nH]c3ccc(Br)cc3c2=O)cc1. The van der Waals surface area contributed by atoms with Crippen LogP contribution in [0.4, 0.5) is 0 Å². The number of amides is 1. The standard InChI is InChI=1S/C22H17BrN4O2S/c23-16-8-9-19-18(11-16)21(29)27(22(30)26-19)13-14-4-6-15(7-5-14)20(28)25-12-17-3-1-2-10-24-17/h1-11H,12-13H2,(H,25,28)(H,26,30)/p+1. The van der Waals surface area contributed by atoms with E-state index in [-0.39, 0.29) is 11.5 Å². The summed E-state index contributed by atoms with van der Waals surface area (Å²) in [6, 6.07) is 18.3. The fourth-order valence-corrected chi connectivity index (χ4v) is 3.75. The summed E-state index contributed by atoms with van der Waals surface area (Å²) in [5.74, 6) is -0.163. The van der Waals surface area contributed by atoms with E-state index in [1.54, 1.807) is 18.2 Å². The van der Waals surface area contributed by atoms with Crippen LogP contribution in [-0.2, 0) is 13.1 Å². The molecule has 8 heteroatoms. The number of H-pyrrole nitrogens is 2. The number of nitrogens with zero attached hydrogens (tertiary/aromatic N) is 1. The lowest BCUT2D eigenvalue weighted by atomic mass is 10.1. The zero-order valence-electron chi connectivity index (χ0n) is 15.8. The van der Waals surface area contributed by atoms with E-state index in [4.69, 9.17) is 12.2 Å². The molecule has 4 rings (SSSR count). The molecule has 2 heterocycles. The van der Waals surface area contributed by atoms with Crippen molar-refractivity contribution in [2.45, 2.75) is 13.1 Å². The first kappa shape index (κ1) is 20.2. The van der Waals surface area contributed by atoms with E-state index < -0.39 is 0 Å². The van der Waals surface area contributed by atoms with E-state index in [1.165, 1.54) is 4.57 Å². The molecular weight excluding hydrogens is 464 g/mol. The molecule has 0 aliphatic rings. The van der Waals surface area contributed by atoms with Crippen LogP contribution in [0.2, 0.25) is 0 Å². The average Bonchev–Trinajstić information content (AvgIpc) is 2.77. The first-order chi connectivity index (χ1) is 14.5. The first-order valence-electron chi connectivity index (χ1n) is 9.26. The predicted molar refractivity (Wildman–Crippen MR) is 121 cm³/mol. The summed E-state index contributed by atoms with van der Waals surface area (Å²) in [6.45, 7) is 0.732. The summed E-state index contributed by atoms with van der Waals surface area (Å²) in [5, 5.41) is 3.44. The largest absolute Gasteiger partial charge is 0.342 e. The summed E-state index contributed by atoms with van der Waals surface area (Å²) in [4.78, 5) is 31.4. The molecule has 0 unspecified atom stereocenters. The molecule has 0 atom stereocenters. The Morgan fingerprint density at radius 3 is 2.67 bits per heavy atom. The molecule has 4 aromatic rings. The molecule has 0 spiro atoms. The van der Waals surface area contributed by atoms with Crippen molar-refractivity contribution in [3.05, 3.63) is 103 Å². The number of aromatic amines is 2. The van der Waals surface area contributed by atoms with E-state index in [1.807, 2.05) is 48.7 Å². The summed E-state index contributed by atoms with van der Waals surface area (Å²) in [7, 11) is 0. The van der Waals surface area contributed by atoms with Crippen molar-refractivity contribution in [3.63, 3.8) is 0 Å². The lowest BCUT2D eigenvalue weighted by Gasteiger charge is -2.09. The minimum absolute atomic E-state index is 0.156. The number of halogens is 1. The minimum Gasteiger partial charge on any atom is -0.342 e. The van der Waals surface area contributed by atoms with Crippen molar-refractivity contribution in [2.24, 2.45) is 0 Å². The Balaban J connectivity index is 1.52. The van der Waals surface area contributed by atoms with Crippen LogP contribution in [0.1, 0.15) is 21.6 Å². The molecular formula is C22H18BrN4O2S+. The summed E-state index contributed by atoms with van der Waals surface area (Å²) >= 11 is 8.77. The van der Waals surface area contributed by atoms with Crippen LogP contribution >= 0.6 is 28.1 Å². The third kappa shape index (κ3) is 4.39. The fourth-order valence-electron chi connectivity index (χ4n) is 3.13. The van der Waals surface area contributed by atoms with Crippen LogP contribution in [0.3, 0.4) is 0 Å². The Bertz CT molecular complexity index is 1330. The topological polar surface area (TPSA) is 81.0 Å². The lowest BCUT2D eigenvalue weighted by Crippen LogP contribution is -2.26. The van der Waals surface area contributed by atoms with Crippen molar-refractivity contribution >= 4 is 45.0 Å². The number of fused-ring (bicyclic) bond motifs is 1. The van der Waals surface area contributed by atoms with Crippen LogP contribution in [0.15, 0.2) is 76.1 Å². The van der Waals surface area contributed by atoms with Crippen LogP contribution in [0, 0.1) is 4.77 Å². The van der Waals surface area contributed by atoms with Gasteiger partial charge in [0.1, 0.15) is 6.54 Å². The van der Waals surface area contributed by atoms with Gasteiger partial charge < -0.3 is 10.3 Å². The quantitative estimate of drug-likeness (QED) is 0.427. The van der Waals surface area contributed by atoms with Gasteiger partial charge in [0.15, 0.2) is 16.7 Å². The lowest BCUT2D eigenvalue weighted by molar-refractivity contribution is -0.390. The highest BCUT2D eigenvalue weighted by Gasteiger charge is 2.10. The number of aromatic nitrogens is 3. The highest BCUT2D eigenvalue weighted by molar-refractivity contribution is 9.10. The smallest absolute Gasteiger partial charge is 0.262 e. The van der Waals surface area contributed by atoms with Gasteiger partial charge in [-0.1, -0.05) is 34.1 Å². The summed E-state index contributed by atoms with van der Waals surface area (Å²) in [5.41, 5.74) is 2.88. The summed E-state index contributed by atoms with van der Waals surface area (Å²) < 4.78 is 2.70. The van der Waals surface area contributed by atoms with Crippen molar-refractivity contribution in [1.29, 1.82) is 0 Å². The second kappa shape index (κ2) is 8.73. The van der Waals surface area contributed by atoms with Crippen molar-refractivity contribution < 1.29 is 9.78 Å². The van der Waals surface area contributed by atoms with Gasteiger partial charge in [-0.2, -0.15) is 0 Å². The number of carbonyl (C=O) groups is 1. The van der Waals surface area contributed by atoms with Crippen LogP contribution < -0.4 is 15.9 Å². The molecule has 150 valence electrons.